The minimum absolute atomic E-state index is 0. The molecule has 1 aromatic rings. The van der Waals surface area contributed by atoms with Gasteiger partial charge in [0, 0.05) is 18.7 Å². The van der Waals surface area contributed by atoms with E-state index >= 15 is 0 Å². The molecule has 1 unspecified atom stereocenters. The quantitative estimate of drug-likeness (QED) is 0.648. The molecule has 0 bridgehead atoms. The second-order valence-corrected chi connectivity index (χ2v) is 4.08. The Kier molecular flexibility index (Phi) is 5.20. The largest absolute Gasteiger partial charge is 0.348 e. The summed E-state index contributed by atoms with van der Waals surface area (Å²) in [5.41, 5.74) is -0.633. The zero-order valence-corrected chi connectivity index (χ0v) is 10.7. The maximum absolute atomic E-state index is 13.1. The number of nitrogens with zero attached hydrogens (tertiary/aromatic N) is 1. The molecule has 1 aliphatic rings. The molecular formula is C11H13ClFN3O3. The van der Waals surface area contributed by atoms with Crippen LogP contribution in [0, 0.1) is 15.9 Å². The number of hydrogen-bond donors (Lipinski definition) is 2. The fraction of sp³-hybridized carbons (Fsp3) is 0.364. The highest BCUT2D eigenvalue weighted by atomic mass is 35.5. The molecule has 2 rings (SSSR count). The number of benzene rings is 1. The molecule has 0 spiro atoms. The van der Waals surface area contributed by atoms with Crippen LogP contribution in [0.25, 0.3) is 0 Å². The third-order valence-corrected chi connectivity index (χ3v) is 2.80. The van der Waals surface area contributed by atoms with Gasteiger partial charge in [-0.25, -0.2) is 4.39 Å². The third-order valence-electron chi connectivity index (χ3n) is 2.80. The molecule has 104 valence electrons. The summed E-state index contributed by atoms with van der Waals surface area (Å²) in [5.74, 6) is -1.29. The summed E-state index contributed by atoms with van der Waals surface area (Å²) >= 11 is 0. The van der Waals surface area contributed by atoms with Gasteiger partial charge >= 0.3 is 0 Å². The summed E-state index contributed by atoms with van der Waals surface area (Å²) in [6.07, 6.45) is 0.759. The summed E-state index contributed by atoms with van der Waals surface area (Å²) in [7, 11) is 0. The molecule has 1 atom stereocenters. The van der Waals surface area contributed by atoms with Crippen LogP contribution in [0.3, 0.4) is 0 Å². The number of rotatable bonds is 3. The zero-order chi connectivity index (χ0) is 13.1. The number of nitro groups is 1. The number of amides is 1. The minimum atomic E-state index is -0.693. The van der Waals surface area contributed by atoms with E-state index in [-0.39, 0.29) is 29.7 Å². The van der Waals surface area contributed by atoms with Crippen molar-refractivity contribution in [2.75, 3.05) is 13.1 Å². The molecule has 0 aliphatic carbocycles. The lowest BCUT2D eigenvalue weighted by Crippen LogP contribution is -2.36. The lowest BCUT2D eigenvalue weighted by molar-refractivity contribution is -0.385. The molecule has 0 radical (unpaired) electrons. The van der Waals surface area contributed by atoms with Gasteiger partial charge in [-0.2, -0.15) is 0 Å². The Morgan fingerprint density at radius 2 is 2.26 bits per heavy atom. The van der Waals surface area contributed by atoms with Crippen molar-refractivity contribution in [3.05, 3.63) is 39.7 Å². The molecular weight excluding hydrogens is 277 g/mol. The number of nitro benzene ring substituents is 1. The normalized spacial score (nSPS) is 17.6. The van der Waals surface area contributed by atoms with Gasteiger partial charge in [-0.3, -0.25) is 14.9 Å². The van der Waals surface area contributed by atoms with Crippen molar-refractivity contribution in [2.45, 2.75) is 12.5 Å². The molecule has 8 heteroatoms. The van der Waals surface area contributed by atoms with Gasteiger partial charge in [0.1, 0.15) is 11.4 Å². The van der Waals surface area contributed by atoms with Crippen LogP contribution in [-0.4, -0.2) is 30.0 Å². The van der Waals surface area contributed by atoms with Crippen LogP contribution < -0.4 is 10.6 Å². The summed E-state index contributed by atoms with van der Waals surface area (Å²) in [5, 5.41) is 16.5. The monoisotopic (exact) mass is 289 g/mol. The van der Waals surface area contributed by atoms with Crippen molar-refractivity contribution in [2.24, 2.45) is 0 Å². The van der Waals surface area contributed by atoms with Gasteiger partial charge in [0.15, 0.2) is 0 Å². The van der Waals surface area contributed by atoms with Gasteiger partial charge in [0.25, 0.3) is 11.6 Å². The highest BCUT2D eigenvalue weighted by Gasteiger charge is 2.24. The van der Waals surface area contributed by atoms with Crippen molar-refractivity contribution >= 4 is 24.0 Å². The minimum Gasteiger partial charge on any atom is -0.348 e. The molecule has 0 saturated carbocycles. The second-order valence-electron chi connectivity index (χ2n) is 4.08. The van der Waals surface area contributed by atoms with Crippen LogP contribution in [0.5, 0.6) is 0 Å². The van der Waals surface area contributed by atoms with Crippen molar-refractivity contribution in [1.82, 2.24) is 10.6 Å². The molecule has 1 heterocycles. The lowest BCUT2D eigenvalue weighted by Gasteiger charge is -2.11. The van der Waals surface area contributed by atoms with Crippen LogP contribution in [0.15, 0.2) is 18.2 Å². The van der Waals surface area contributed by atoms with E-state index < -0.39 is 16.6 Å². The molecule has 6 nitrogen and oxygen atoms in total. The zero-order valence-electron chi connectivity index (χ0n) is 9.89. The van der Waals surface area contributed by atoms with E-state index in [1.165, 1.54) is 0 Å². The number of nitrogens with one attached hydrogen (secondary N) is 2. The first kappa shape index (κ1) is 15.3. The van der Waals surface area contributed by atoms with Crippen LogP contribution in [-0.2, 0) is 0 Å². The Morgan fingerprint density at radius 1 is 1.53 bits per heavy atom. The Balaban J connectivity index is 0.00000180. The smallest absolute Gasteiger partial charge is 0.282 e. The van der Waals surface area contributed by atoms with Crippen LogP contribution in [0.4, 0.5) is 10.1 Å². The van der Waals surface area contributed by atoms with Crippen LogP contribution in [0.2, 0.25) is 0 Å². The van der Waals surface area contributed by atoms with Gasteiger partial charge < -0.3 is 10.6 Å². The fourth-order valence-corrected chi connectivity index (χ4v) is 1.89. The predicted octanol–water partition coefficient (Wildman–Crippen LogP) is 1.25. The maximum Gasteiger partial charge on any atom is 0.282 e. The van der Waals surface area contributed by atoms with Gasteiger partial charge in [-0.1, -0.05) is 0 Å². The van der Waals surface area contributed by atoms with E-state index in [0.717, 1.165) is 31.2 Å². The Labute approximate surface area is 114 Å². The topological polar surface area (TPSA) is 84.3 Å². The lowest BCUT2D eigenvalue weighted by atomic mass is 10.1. The number of carbonyl (C=O) groups is 1. The highest BCUT2D eigenvalue weighted by Crippen LogP contribution is 2.19. The van der Waals surface area contributed by atoms with Crippen molar-refractivity contribution in [1.29, 1.82) is 0 Å². The third kappa shape index (κ3) is 3.62. The van der Waals surface area contributed by atoms with Gasteiger partial charge in [0.05, 0.1) is 4.92 Å². The highest BCUT2D eigenvalue weighted by molar-refractivity contribution is 5.98. The molecule has 1 saturated heterocycles. The summed E-state index contributed by atoms with van der Waals surface area (Å²) in [4.78, 5) is 21.9. The van der Waals surface area contributed by atoms with Gasteiger partial charge in [0.2, 0.25) is 0 Å². The fourth-order valence-electron chi connectivity index (χ4n) is 1.89. The van der Waals surface area contributed by atoms with E-state index in [1.54, 1.807) is 0 Å². The van der Waals surface area contributed by atoms with Crippen molar-refractivity contribution < 1.29 is 14.1 Å². The van der Waals surface area contributed by atoms with Crippen molar-refractivity contribution in [3.63, 3.8) is 0 Å². The summed E-state index contributed by atoms with van der Waals surface area (Å²) < 4.78 is 13.1. The number of halogens is 2. The molecule has 1 amide bonds. The summed E-state index contributed by atoms with van der Waals surface area (Å²) in [6.45, 7) is 1.41. The maximum atomic E-state index is 13.1. The van der Waals surface area contributed by atoms with Crippen LogP contribution >= 0.6 is 12.4 Å². The van der Waals surface area contributed by atoms with Gasteiger partial charge in [-0.05, 0) is 25.1 Å². The first-order valence-electron chi connectivity index (χ1n) is 5.53. The Hall–Kier alpha value is -1.73. The first-order valence-corrected chi connectivity index (χ1v) is 5.53. The van der Waals surface area contributed by atoms with Gasteiger partial charge in [-0.15, -0.1) is 12.4 Å². The van der Waals surface area contributed by atoms with E-state index in [9.17, 15) is 19.3 Å². The SMILES string of the molecule is Cl.O=C(NC1CCNC1)c1cc(F)ccc1[N+](=O)[O-]. The average molecular weight is 290 g/mol. The molecule has 1 fully saturated rings. The van der Waals surface area contributed by atoms with E-state index in [0.29, 0.717) is 6.54 Å². The average Bonchev–Trinajstić information content (AvgIpc) is 2.81. The second kappa shape index (κ2) is 6.44. The van der Waals surface area contributed by atoms with E-state index in [1.807, 2.05) is 0 Å². The molecule has 1 aliphatic heterocycles. The number of hydrogen-bond acceptors (Lipinski definition) is 4. The molecule has 1 aromatic carbocycles. The van der Waals surface area contributed by atoms with E-state index in [2.05, 4.69) is 10.6 Å². The predicted molar refractivity (Wildman–Crippen MR) is 69.0 cm³/mol. The summed E-state index contributed by atoms with van der Waals surface area (Å²) in [6, 6.07) is 2.78. The molecule has 19 heavy (non-hydrogen) atoms. The Bertz CT molecular complexity index is 492. The van der Waals surface area contributed by atoms with E-state index in [4.69, 9.17) is 0 Å². The number of carbonyl (C=O) groups excluding carboxylic acids is 1. The Morgan fingerprint density at radius 3 is 2.84 bits per heavy atom. The molecule has 0 aromatic heterocycles. The van der Waals surface area contributed by atoms with Crippen LogP contribution in [0.1, 0.15) is 16.8 Å². The van der Waals surface area contributed by atoms with Crippen molar-refractivity contribution in [3.8, 4) is 0 Å². The standard InChI is InChI=1S/C11H12FN3O3.ClH/c12-7-1-2-10(15(17)18)9(5-7)11(16)14-8-3-4-13-6-8;/h1-2,5,8,13H,3-4,6H2,(H,14,16);1H. The molecule has 2 N–H and O–H groups in total. The first-order chi connectivity index (χ1) is 8.58.